The number of pyridine rings is 1. The van der Waals surface area contributed by atoms with Crippen molar-refractivity contribution in [3.05, 3.63) is 59.7 Å². The van der Waals surface area contributed by atoms with E-state index in [9.17, 15) is 10.0 Å². The first-order valence-corrected chi connectivity index (χ1v) is 7.05. The van der Waals surface area contributed by atoms with Crippen molar-refractivity contribution in [2.75, 3.05) is 0 Å². The van der Waals surface area contributed by atoms with Gasteiger partial charge in [0.05, 0.1) is 5.52 Å². The van der Waals surface area contributed by atoms with Gasteiger partial charge >= 0.3 is 7.12 Å². The summed E-state index contributed by atoms with van der Waals surface area (Å²) < 4.78 is 5.79. The lowest BCUT2D eigenvalue weighted by molar-refractivity contribution is 0.426. The van der Waals surface area contributed by atoms with Crippen LogP contribution in [0.15, 0.2) is 48.5 Å². The molecular formula is C17H16BNO3. The lowest BCUT2D eigenvalue weighted by Crippen LogP contribution is -2.30. The first-order valence-electron chi connectivity index (χ1n) is 7.05. The van der Waals surface area contributed by atoms with E-state index in [0.29, 0.717) is 11.3 Å². The van der Waals surface area contributed by atoms with E-state index in [2.05, 4.69) is 4.98 Å². The molecule has 5 heteroatoms. The molecule has 22 heavy (non-hydrogen) atoms. The normalized spacial score (nSPS) is 10.7. The van der Waals surface area contributed by atoms with Crippen LogP contribution >= 0.6 is 0 Å². The summed E-state index contributed by atoms with van der Waals surface area (Å²) in [5.41, 5.74) is 3.12. The van der Waals surface area contributed by atoms with Crippen LogP contribution < -0.4 is 10.2 Å². The van der Waals surface area contributed by atoms with Gasteiger partial charge in [0.1, 0.15) is 5.75 Å². The number of nitrogens with zero attached hydrogens (tertiary/aromatic N) is 1. The third kappa shape index (κ3) is 2.82. The molecule has 2 aromatic carbocycles. The third-order valence-corrected chi connectivity index (χ3v) is 3.57. The van der Waals surface area contributed by atoms with E-state index in [4.69, 9.17) is 4.74 Å². The molecule has 3 rings (SSSR count). The Balaban J connectivity index is 2.09. The van der Waals surface area contributed by atoms with E-state index < -0.39 is 7.12 Å². The highest BCUT2D eigenvalue weighted by Crippen LogP contribution is 2.26. The average molecular weight is 293 g/mol. The van der Waals surface area contributed by atoms with Gasteiger partial charge in [-0.25, -0.2) is 4.98 Å². The van der Waals surface area contributed by atoms with Gasteiger partial charge in [0.2, 0.25) is 5.88 Å². The second kappa shape index (κ2) is 5.79. The maximum atomic E-state index is 9.36. The predicted molar refractivity (Wildman–Crippen MR) is 87.6 cm³/mol. The third-order valence-electron chi connectivity index (χ3n) is 3.57. The van der Waals surface area contributed by atoms with Gasteiger partial charge in [-0.15, -0.1) is 0 Å². The highest BCUT2D eigenvalue weighted by atomic mass is 16.5. The fourth-order valence-corrected chi connectivity index (χ4v) is 2.47. The quantitative estimate of drug-likeness (QED) is 0.727. The molecule has 0 spiro atoms. The number of rotatable bonds is 3. The Morgan fingerprint density at radius 2 is 1.68 bits per heavy atom. The largest absolute Gasteiger partial charge is 0.488 e. The van der Waals surface area contributed by atoms with E-state index in [1.54, 1.807) is 12.1 Å². The summed E-state index contributed by atoms with van der Waals surface area (Å²) in [5.74, 6) is 1.26. The summed E-state index contributed by atoms with van der Waals surface area (Å²) >= 11 is 0. The smallest absolute Gasteiger partial charge is 0.439 e. The Kier molecular flexibility index (Phi) is 3.83. The first-order chi connectivity index (χ1) is 10.5. The number of ether oxygens (including phenoxy) is 1. The second-order valence-corrected chi connectivity index (χ2v) is 5.30. The van der Waals surface area contributed by atoms with Crippen molar-refractivity contribution in [2.45, 2.75) is 13.8 Å². The van der Waals surface area contributed by atoms with E-state index in [0.717, 1.165) is 27.8 Å². The fourth-order valence-electron chi connectivity index (χ4n) is 2.47. The molecule has 4 nitrogen and oxygen atoms in total. The molecule has 0 atom stereocenters. The van der Waals surface area contributed by atoms with E-state index in [1.165, 1.54) is 0 Å². The van der Waals surface area contributed by atoms with Crippen LogP contribution in [0.5, 0.6) is 11.6 Å². The predicted octanol–water partition coefficient (Wildman–Crippen LogP) is 2.32. The molecular weight excluding hydrogens is 277 g/mol. The summed E-state index contributed by atoms with van der Waals surface area (Å²) in [7, 11) is -1.48. The fraction of sp³-hybridized carbons (Fsp3) is 0.118. The Morgan fingerprint density at radius 1 is 0.955 bits per heavy atom. The molecule has 0 bridgehead atoms. The van der Waals surface area contributed by atoms with Crippen LogP contribution in [0.25, 0.3) is 10.9 Å². The highest BCUT2D eigenvalue weighted by Gasteiger charge is 2.15. The topological polar surface area (TPSA) is 62.6 Å². The summed E-state index contributed by atoms with van der Waals surface area (Å²) in [6.45, 7) is 3.85. The number of benzene rings is 2. The van der Waals surface area contributed by atoms with Crippen molar-refractivity contribution >= 4 is 23.5 Å². The van der Waals surface area contributed by atoms with Crippen LogP contribution in [0.1, 0.15) is 11.1 Å². The molecule has 0 fully saturated rings. The molecule has 0 aliphatic heterocycles. The molecule has 0 amide bonds. The van der Waals surface area contributed by atoms with Crippen LogP contribution in [-0.4, -0.2) is 22.2 Å². The summed E-state index contributed by atoms with van der Waals surface area (Å²) in [6, 6.07) is 14.8. The number of hydrogen-bond acceptors (Lipinski definition) is 4. The Morgan fingerprint density at radius 3 is 2.36 bits per heavy atom. The number of aryl methyl sites for hydroxylation is 2. The SMILES string of the molecule is Cc1cc(Oc2ccccc2)nc2c(C)cc(B(O)O)cc12. The van der Waals surface area contributed by atoms with Crippen LogP contribution in [0.2, 0.25) is 0 Å². The van der Waals surface area contributed by atoms with Gasteiger partial charge in [-0.2, -0.15) is 0 Å². The molecule has 0 unspecified atom stereocenters. The summed E-state index contributed by atoms with van der Waals surface area (Å²) in [6.07, 6.45) is 0. The minimum Gasteiger partial charge on any atom is -0.439 e. The molecule has 3 aromatic rings. The van der Waals surface area contributed by atoms with Gasteiger partial charge in [-0.05, 0) is 42.6 Å². The molecule has 0 saturated carbocycles. The lowest BCUT2D eigenvalue weighted by Gasteiger charge is -2.11. The first kappa shape index (κ1) is 14.6. The average Bonchev–Trinajstić information content (AvgIpc) is 2.49. The molecule has 0 aliphatic carbocycles. The Hall–Kier alpha value is -2.37. The minimum atomic E-state index is -1.48. The van der Waals surface area contributed by atoms with Crippen LogP contribution in [0.3, 0.4) is 0 Å². The van der Waals surface area contributed by atoms with Gasteiger partial charge in [-0.3, -0.25) is 0 Å². The monoisotopic (exact) mass is 293 g/mol. The van der Waals surface area contributed by atoms with Crippen molar-refractivity contribution in [3.63, 3.8) is 0 Å². The molecule has 1 heterocycles. The molecule has 110 valence electrons. The highest BCUT2D eigenvalue weighted by molar-refractivity contribution is 6.59. The standard InChI is InChI=1S/C17H16BNO3/c1-11-9-16(22-14-6-4-3-5-7-14)19-17-12(2)8-13(18(20)21)10-15(11)17/h3-10,20-21H,1-2H3. The Labute approximate surface area is 129 Å². The van der Waals surface area contributed by atoms with E-state index in [1.807, 2.05) is 50.2 Å². The van der Waals surface area contributed by atoms with Crippen molar-refractivity contribution in [1.82, 2.24) is 4.98 Å². The molecule has 0 saturated heterocycles. The molecule has 1 aromatic heterocycles. The maximum absolute atomic E-state index is 9.36. The van der Waals surface area contributed by atoms with Crippen LogP contribution in [0.4, 0.5) is 0 Å². The summed E-state index contributed by atoms with van der Waals surface area (Å²) in [4.78, 5) is 4.55. The zero-order valence-electron chi connectivity index (χ0n) is 12.4. The Bertz CT molecular complexity index is 819. The van der Waals surface area contributed by atoms with Crippen molar-refractivity contribution in [2.24, 2.45) is 0 Å². The van der Waals surface area contributed by atoms with Crippen LogP contribution in [-0.2, 0) is 0 Å². The van der Waals surface area contributed by atoms with E-state index in [-0.39, 0.29) is 0 Å². The molecule has 0 radical (unpaired) electrons. The molecule has 0 aliphatic rings. The van der Waals surface area contributed by atoms with Gasteiger partial charge in [0.25, 0.3) is 0 Å². The van der Waals surface area contributed by atoms with Crippen molar-refractivity contribution in [3.8, 4) is 11.6 Å². The number of hydrogen-bond donors (Lipinski definition) is 2. The zero-order valence-corrected chi connectivity index (χ0v) is 12.4. The zero-order chi connectivity index (χ0) is 15.7. The van der Waals surface area contributed by atoms with Gasteiger partial charge in [-0.1, -0.05) is 30.3 Å². The summed E-state index contributed by atoms with van der Waals surface area (Å²) in [5, 5.41) is 19.6. The minimum absolute atomic E-state index is 0.464. The van der Waals surface area contributed by atoms with E-state index >= 15 is 0 Å². The lowest BCUT2D eigenvalue weighted by atomic mass is 9.78. The molecule has 2 N–H and O–H groups in total. The maximum Gasteiger partial charge on any atom is 0.488 e. The number of aromatic nitrogens is 1. The number of para-hydroxylation sites is 1. The van der Waals surface area contributed by atoms with Gasteiger partial charge in [0, 0.05) is 11.5 Å². The van der Waals surface area contributed by atoms with Gasteiger partial charge in [0.15, 0.2) is 0 Å². The van der Waals surface area contributed by atoms with Crippen LogP contribution in [0, 0.1) is 13.8 Å². The van der Waals surface area contributed by atoms with Crippen molar-refractivity contribution in [1.29, 1.82) is 0 Å². The number of fused-ring (bicyclic) bond motifs is 1. The second-order valence-electron chi connectivity index (χ2n) is 5.30. The van der Waals surface area contributed by atoms with Crippen molar-refractivity contribution < 1.29 is 14.8 Å². The van der Waals surface area contributed by atoms with Gasteiger partial charge < -0.3 is 14.8 Å².